The van der Waals surface area contributed by atoms with Gasteiger partial charge in [0.15, 0.2) is 0 Å². The molecule has 0 fully saturated rings. The third kappa shape index (κ3) is 6.48. The zero-order valence-electron chi connectivity index (χ0n) is 15.9. The van der Waals surface area contributed by atoms with Crippen molar-refractivity contribution in [2.75, 3.05) is 40.4 Å². The molecule has 1 unspecified atom stereocenters. The third-order valence-electron chi connectivity index (χ3n) is 3.89. The zero-order chi connectivity index (χ0) is 19.7. The number of aliphatic carboxylic acids is 1. The maximum absolute atomic E-state index is 12.9. The van der Waals surface area contributed by atoms with Crippen LogP contribution in [0.5, 0.6) is 0 Å². The Bertz CT molecular complexity index is 630. The standard InChI is InChI=1S/C19H28N2O5/c1-5-26-11-7-10-21(13-14(2)19(24)25)18(23)16-9-6-8-15(12-16)17(22)20(3)4/h6,8-9,12,14H,5,7,10-11,13H2,1-4H3,(H,24,25). The number of benzene rings is 1. The van der Waals surface area contributed by atoms with Gasteiger partial charge in [0.2, 0.25) is 0 Å². The van der Waals surface area contributed by atoms with Crippen LogP contribution >= 0.6 is 0 Å². The van der Waals surface area contributed by atoms with Gasteiger partial charge in [-0.1, -0.05) is 13.0 Å². The van der Waals surface area contributed by atoms with E-state index in [1.54, 1.807) is 45.3 Å². The van der Waals surface area contributed by atoms with Crippen LogP contribution in [0.1, 0.15) is 41.0 Å². The van der Waals surface area contributed by atoms with Crippen molar-refractivity contribution in [1.82, 2.24) is 9.80 Å². The molecule has 1 rings (SSSR count). The van der Waals surface area contributed by atoms with Gasteiger partial charge in [0.25, 0.3) is 11.8 Å². The first kappa shape index (κ1) is 21.6. The summed E-state index contributed by atoms with van der Waals surface area (Å²) in [6.07, 6.45) is 0.613. The third-order valence-corrected chi connectivity index (χ3v) is 3.89. The molecule has 0 aliphatic heterocycles. The monoisotopic (exact) mass is 364 g/mol. The van der Waals surface area contributed by atoms with E-state index in [-0.39, 0.29) is 18.4 Å². The van der Waals surface area contributed by atoms with Crippen LogP contribution in [-0.2, 0) is 9.53 Å². The quantitative estimate of drug-likeness (QED) is 0.642. The fourth-order valence-corrected chi connectivity index (χ4v) is 2.41. The van der Waals surface area contributed by atoms with Crippen molar-refractivity contribution in [3.63, 3.8) is 0 Å². The van der Waals surface area contributed by atoms with Crippen LogP contribution in [0.2, 0.25) is 0 Å². The maximum atomic E-state index is 12.9. The summed E-state index contributed by atoms with van der Waals surface area (Å²) in [5.74, 6) is -2.12. The zero-order valence-corrected chi connectivity index (χ0v) is 15.9. The molecule has 1 N–H and O–H groups in total. The molecule has 0 saturated heterocycles. The summed E-state index contributed by atoms with van der Waals surface area (Å²) in [4.78, 5) is 39.1. The predicted octanol–water partition coefficient (Wildman–Crippen LogP) is 1.98. The van der Waals surface area contributed by atoms with E-state index >= 15 is 0 Å². The summed E-state index contributed by atoms with van der Waals surface area (Å²) in [5, 5.41) is 9.16. The van der Waals surface area contributed by atoms with Crippen LogP contribution in [-0.4, -0.2) is 73.1 Å². The number of hydrogen-bond donors (Lipinski definition) is 1. The van der Waals surface area contributed by atoms with E-state index < -0.39 is 11.9 Å². The second-order valence-electron chi connectivity index (χ2n) is 6.32. The Morgan fingerprint density at radius 2 is 1.77 bits per heavy atom. The molecule has 1 aromatic carbocycles. The maximum Gasteiger partial charge on any atom is 0.308 e. The van der Waals surface area contributed by atoms with Crippen molar-refractivity contribution in [1.29, 1.82) is 0 Å². The highest BCUT2D eigenvalue weighted by Crippen LogP contribution is 2.12. The van der Waals surface area contributed by atoms with Crippen LogP contribution in [0.25, 0.3) is 0 Å². The number of carboxylic acid groups (broad SMARTS) is 1. The lowest BCUT2D eigenvalue weighted by molar-refractivity contribution is -0.141. The molecule has 0 aliphatic rings. The van der Waals surface area contributed by atoms with Gasteiger partial charge < -0.3 is 19.6 Å². The van der Waals surface area contributed by atoms with Crippen molar-refractivity contribution in [2.24, 2.45) is 5.92 Å². The van der Waals surface area contributed by atoms with Crippen LogP contribution in [0.15, 0.2) is 24.3 Å². The van der Waals surface area contributed by atoms with E-state index in [0.717, 1.165) is 0 Å². The Morgan fingerprint density at radius 1 is 1.15 bits per heavy atom. The second-order valence-corrected chi connectivity index (χ2v) is 6.32. The molecular formula is C19H28N2O5. The van der Waals surface area contributed by atoms with E-state index in [0.29, 0.717) is 37.3 Å². The summed E-state index contributed by atoms with van der Waals surface area (Å²) in [7, 11) is 3.29. The fourth-order valence-electron chi connectivity index (χ4n) is 2.41. The lowest BCUT2D eigenvalue weighted by atomic mass is 10.1. The first-order chi connectivity index (χ1) is 12.3. The SMILES string of the molecule is CCOCCCN(CC(C)C(=O)O)C(=O)c1cccc(C(=O)N(C)C)c1. The number of rotatable bonds is 10. The number of amides is 2. The topological polar surface area (TPSA) is 87.1 Å². The first-order valence-corrected chi connectivity index (χ1v) is 8.69. The van der Waals surface area contributed by atoms with Crippen LogP contribution in [0.4, 0.5) is 0 Å². The number of carbonyl (C=O) groups is 3. The van der Waals surface area contributed by atoms with E-state index in [4.69, 9.17) is 9.84 Å². The van der Waals surface area contributed by atoms with Gasteiger partial charge >= 0.3 is 5.97 Å². The Labute approximate surface area is 154 Å². The summed E-state index contributed by atoms with van der Waals surface area (Å²) in [6, 6.07) is 6.49. The predicted molar refractivity (Wildman–Crippen MR) is 98.3 cm³/mol. The smallest absolute Gasteiger partial charge is 0.308 e. The average Bonchev–Trinajstić information content (AvgIpc) is 2.62. The van der Waals surface area contributed by atoms with Crippen molar-refractivity contribution in [3.8, 4) is 0 Å². The largest absolute Gasteiger partial charge is 0.481 e. The molecule has 0 spiro atoms. The fraction of sp³-hybridized carbons (Fsp3) is 0.526. The van der Waals surface area contributed by atoms with Crippen LogP contribution < -0.4 is 0 Å². The summed E-state index contributed by atoms with van der Waals surface area (Å²) >= 11 is 0. The van der Waals surface area contributed by atoms with Gasteiger partial charge in [-0.15, -0.1) is 0 Å². The molecular weight excluding hydrogens is 336 g/mol. The van der Waals surface area contributed by atoms with Gasteiger partial charge in [-0.2, -0.15) is 0 Å². The second kappa shape index (κ2) is 10.6. The molecule has 2 amide bonds. The number of hydrogen-bond acceptors (Lipinski definition) is 4. The average molecular weight is 364 g/mol. The van der Waals surface area contributed by atoms with Crippen LogP contribution in [0, 0.1) is 5.92 Å². The number of carbonyl (C=O) groups excluding carboxylic acids is 2. The summed E-state index contributed by atoms with van der Waals surface area (Å²) < 4.78 is 5.29. The van der Waals surface area contributed by atoms with Gasteiger partial charge in [-0.05, 0) is 31.5 Å². The minimum atomic E-state index is -0.954. The van der Waals surface area contributed by atoms with Crippen molar-refractivity contribution in [2.45, 2.75) is 20.3 Å². The van der Waals surface area contributed by atoms with Gasteiger partial charge in [0.1, 0.15) is 0 Å². The Morgan fingerprint density at radius 3 is 2.31 bits per heavy atom. The summed E-state index contributed by atoms with van der Waals surface area (Å²) in [5.41, 5.74) is 0.785. The molecule has 0 saturated carbocycles. The van der Waals surface area contributed by atoms with Crippen LogP contribution in [0.3, 0.4) is 0 Å². The first-order valence-electron chi connectivity index (χ1n) is 8.69. The Kier molecular flexibility index (Phi) is 8.78. The number of nitrogens with zero attached hydrogens (tertiary/aromatic N) is 2. The molecule has 7 heteroatoms. The lowest BCUT2D eigenvalue weighted by Gasteiger charge is -2.25. The van der Waals surface area contributed by atoms with Gasteiger partial charge in [0.05, 0.1) is 5.92 Å². The number of carboxylic acids is 1. The molecule has 1 aromatic rings. The molecule has 0 aliphatic carbocycles. The minimum absolute atomic E-state index is 0.103. The molecule has 0 aromatic heterocycles. The normalized spacial score (nSPS) is 11.7. The van der Waals surface area contributed by atoms with E-state index in [9.17, 15) is 14.4 Å². The van der Waals surface area contributed by atoms with Gasteiger partial charge in [0, 0.05) is 51.5 Å². The molecule has 144 valence electrons. The van der Waals surface area contributed by atoms with Crippen molar-refractivity contribution in [3.05, 3.63) is 35.4 Å². The molecule has 7 nitrogen and oxygen atoms in total. The molecule has 0 heterocycles. The molecule has 0 radical (unpaired) electrons. The van der Waals surface area contributed by atoms with E-state index in [1.165, 1.54) is 9.80 Å². The van der Waals surface area contributed by atoms with E-state index in [2.05, 4.69) is 0 Å². The molecule has 0 bridgehead atoms. The van der Waals surface area contributed by atoms with E-state index in [1.807, 2.05) is 6.92 Å². The van der Waals surface area contributed by atoms with Gasteiger partial charge in [-0.25, -0.2) is 0 Å². The van der Waals surface area contributed by atoms with Crippen molar-refractivity contribution >= 4 is 17.8 Å². The van der Waals surface area contributed by atoms with Gasteiger partial charge in [-0.3, -0.25) is 14.4 Å². The molecule has 1 atom stereocenters. The van der Waals surface area contributed by atoms with Crippen molar-refractivity contribution < 1.29 is 24.2 Å². The summed E-state index contributed by atoms with van der Waals surface area (Å²) in [6.45, 7) is 5.04. The lowest BCUT2D eigenvalue weighted by Crippen LogP contribution is -2.38. The highest BCUT2D eigenvalue weighted by atomic mass is 16.5. The Balaban J connectivity index is 2.97. The minimum Gasteiger partial charge on any atom is -0.481 e. The number of ether oxygens (including phenoxy) is 1. The molecule has 26 heavy (non-hydrogen) atoms. The Hall–Kier alpha value is -2.41. The highest BCUT2D eigenvalue weighted by Gasteiger charge is 2.22. The highest BCUT2D eigenvalue weighted by molar-refractivity contribution is 5.99.